The summed E-state index contributed by atoms with van der Waals surface area (Å²) >= 11 is 0. The topological polar surface area (TPSA) is 52.5 Å². The second-order valence-electron chi connectivity index (χ2n) is 4.03. The zero-order valence-corrected chi connectivity index (χ0v) is 9.49. The van der Waals surface area contributed by atoms with Crippen LogP contribution in [0.4, 0.5) is 0 Å². The third-order valence-electron chi connectivity index (χ3n) is 2.46. The Balaban J connectivity index is 2.80. The first-order valence-corrected chi connectivity index (χ1v) is 5.21. The molecule has 0 aliphatic heterocycles. The minimum atomic E-state index is 0.0277. The second kappa shape index (κ2) is 5.14. The van der Waals surface area contributed by atoms with Gasteiger partial charge in [0.15, 0.2) is 0 Å². The quantitative estimate of drug-likeness (QED) is 0.708. The van der Waals surface area contributed by atoms with Crippen molar-refractivity contribution in [3.63, 3.8) is 0 Å². The lowest BCUT2D eigenvalue weighted by Crippen LogP contribution is -2.31. The summed E-state index contributed by atoms with van der Waals surface area (Å²) in [6.07, 6.45) is 0. The van der Waals surface area contributed by atoms with Gasteiger partial charge in [0.1, 0.15) is 5.75 Å². The first kappa shape index (κ1) is 12.0. The molecule has 1 aromatic rings. The van der Waals surface area contributed by atoms with Gasteiger partial charge in [-0.15, -0.1) is 0 Å². The number of aryl methyl sites for hydroxylation is 1. The predicted octanol–water partition coefficient (Wildman–Crippen LogP) is 1.73. The van der Waals surface area contributed by atoms with Crippen molar-refractivity contribution in [2.45, 2.75) is 32.9 Å². The lowest BCUT2D eigenvalue weighted by molar-refractivity contribution is 0.242. The van der Waals surface area contributed by atoms with Crippen LogP contribution in [0.15, 0.2) is 18.2 Å². The molecule has 0 spiro atoms. The third kappa shape index (κ3) is 3.22. The van der Waals surface area contributed by atoms with Crippen molar-refractivity contribution in [1.82, 2.24) is 5.32 Å². The Morgan fingerprint density at radius 1 is 1.33 bits per heavy atom. The number of aliphatic hydroxyl groups is 1. The normalized spacial score (nSPS) is 14.9. The molecule has 0 aromatic heterocycles. The Labute approximate surface area is 90.8 Å². The van der Waals surface area contributed by atoms with Crippen molar-refractivity contribution < 1.29 is 10.2 Å². The molecule has 2 atom stereocenters. The predicted molar refractivity (Wildman–Crippen MR) is 60.9 cm³/mol. The molecule has 0 bridgehead atoms. The minimum absolute atomic E-state index is 0.0277. The van der Waals surface area contributed by atoms with E-state index in [1.165, 1.54) is 0 Å². The van der Waals surface area contributed by atoms with Crippen molar-refractivity contribution in [1.29, 1.82) is 0 Å². The number of phenolic OH excluding ortho intramolecular Hbond substituents is 1. The van der Waals surface area contributed by atoms with Crippen molar-refractivity contribution in [2.75, 3.05) is 6.61 Å². The minimum Gasteiger partial charge on any atom is -0.508 e. The summed E-state index contributed by atoms with van der Waals surface area (Å²) < 4.78 is 0. The summed E-state index contributed by atoms with van der Waals surface area (Å²) in [5, 5.41) is 21.8. The lowest BCUT2D eigenvalue weighted by Gasteiger charge is -2.19. The lowest BCUT2D eigenvalue weighted by atomic mass is 10.0. The van der Waals surface area contributed by atoms with E-state index in [1.54, 1.807) is 6.07 Å². The molecule has 0 heterocycles. The molecule has 3 heteroatoms. The molecular weight excluding hydrogens is 190 g/mol. The fourth-order valence-electron chi connectivity index (χ4n) is 1.59. The van der Waals surface area contributed by atoms with Crippen molar-refractivity contribution in [3.05, 3.63) is 29.3 Å². The summed E-state index contributed by atoms with van der Waals surface area (Å²) in [6.45, 7) is 5.96. The van der Waals surface area contributed by atoms with Gasteiger partial charge in [-0.05, 0) is 26.8 Å². The molecule has 3 nitrogen and oxygen atoms in total. The average Bonchev–Trinajstić information content (AvgIpc) is 2.21. The molecule has 0 amide bonds. The Morgan fingerprint density at radius 2 is 2.00 bits per heavy atom. The third-order valence-corrected chi connectivity index (χ3v) is 2.46. The highest BCUT2D eigenvalue weighted by molar-refractivity contribution is 5.37. The van der Waals surface area contributed by atoms with Gasteiger partial charge in [0.05, 0.1) is 6.61 Å². The first-order chi connectivity index (χ1) is 7.04. The zero-order chi connectivity index (χ0) is 11.4. The van der Waals surface area contributed by atoms with Crippen LogP contribution in [0.3, 0.4) is 0 Å². The van der Waals surface area contributed by atoms with Crippen LogP contribution < -0.4 is 5.32 Å². The fraction of sp³-hybridized carbons (Fsp3) is 0.500. The largest absolute Gasteiger partial charge is 0.508 e. The maximum absolute atomic E-state index is 9.69. The second-order valence-corrected chi connectivity index (χ2v) is 4.03. The number of hydrogen-bond acceptors (Lipinski definition) is 3. The van der Waals surface area contributed by atoms with Crippen LogP contribution in [-0.2, 0) is 0 Å². The fourth-order valence-corrected chi connectivity index (χ4v) is 1.59. The number of benzene rings is 1. The van der Waals surface area contributed by atoms with E-state index in [-0.39, 0.29) is 18.7 Å². The molecule has 0 fully saturated rings. The van der Waals surface area contributed by atoms with Gasteiger partial charge >= 0.3 is 0 Å². The van der Waals surface area contributed by atoms with Crippen LogP contribution >= 0.6 is 0 Å². The van der Waals surface area contributed by atoms with Gasteiger partial charge in [-0.3, -0.25) is 0 Å². The summed E-state index contributed by atoms with van der Waals surface area (Å²) in [5.74, 6) is 0.297. The summed E-state index contributed by atoms with van der Waals surface area (Å²) in [4.78, 5) is 0. The highest BCUT2D eigenvalue weighted by Crippen LogP contribution is 2.25. The van der Waals surface area contributed by atoms with Gasteiger partial charge in [0.25, 0.3) is 0 Å². The van der Waals surface area contributed by atoms with Gasteiger partial charge < -0.3 is 15.5 Å². The molecule has 1 unspecified atom stereocenters. The Kier molecular flexibility index (Phi) is 4.12. The van der Waals surface area contributed by atoms with E-state index in [0.29, 0.717) is 5.75 Å². The summed E-state index contributed by atoms with van der Waals surface area (Å²) in [7, 11) is 0. The molecule has 0 aliphatic rings. The Bertz CT molecular complexity index is 325. The van der Waals surface area contributed by atoms with Gasteiger partial charge in [-0.25, -0.2) is 0 Å². The molecule has 1 rings (SSSR count). The molecule has 0 saturated heterocycles. The molecule has 0 saturated carbocycles. The standard InChI is InChI=1S/C12H19NO2/c1-8-4-5-12(15)11(6-8)10(3)13-9(2)7-14/h4-6,9-10,13-15H,7H2,1-3H3/t9-,10?/m1/s1. The number of hydrogen-bond donors (Lipinski definition) is 3. The van der Waals surface area contributed by atoms with Crippen LogP contribution in [0.2, 0.25) is 0 Å². The molecular formula is C12H19NO2. The molecule has 0 radical (unpaired) electrons. The van der Waals surface area contributed by atoms with Gasteiger partial charge in [-0.1, -0.05) is 17.7 Å². The number of phenols is 1. The monoisotopic (exact) mass is 209 g/mol. The zero-order valence-electron chi connectivity index (χ0n) is 9.49. The summed E-state index contributed by atoms with van der Waals surface area (Å²) in [5.41, 5.74) is 1.99. The van der Waals surface area contributed by atoms with Crippen molar-refractivity contribution in [3.8, 4) is 5.75 Å². The van der Waals surface area contributed by atoms with Crippen LogP contribution in [-0.4, -0.2) is 22.9 Å². The van der Waals surface area contributed by atoms with Gasteiger partial charge in [0, 0.05) is 17.6 Å². The van der Waals surface area contributed by atoms with Crippen LogP contribution in [0.1, 0.15) is 31.0 Å². The maximum atomic E-state index is 9.69. The van der Waals surface area contributed by atoms with E-state index in [1.807, 2.05) is 32.9 Å². The first-order valence-electron chi connectivity index (χ1n) is 5.21. The number of rotatable bonds is 4. The molecule has 1 aromatic carbocycles. The maximum Gasteiger partial charge on any atom is 0.120 e. The SMILES string of the molecule is Cc1ccc(O)c(C(C)N[C@H](C)CO)c1. The Hall–Kier alpha value is -1.06. The highest BCUT2D eigenvalue weighted by atomic mass is 16.3. The molecule has 0 aliphatic carbocycles. The van der Waals surface area contributed by atoms with E-state index in [9.17, 15) is 5.11 Å². The summed E-state index contributed by atoms with van der Waals surface area (Å²) in [6, 6.07) is 5.59. The number of nitrogens with one attached hydrogen (secondary N) is 1. The van der Waals surface area contributed by atoms with Gasteiger partial charge in [0.2, 0.25) is 0 Å². The van der Waals surface area contributed by atoms with Crippen molar-refractivity contribution >= 4 is 0 Å². The molecule has 15 heavy (non-hydrogen) atoms. The van der Waals surface area contributed by atoms with Gasteiger partial charge in [-0.2, -0.15) is 0 Å². The van der Waals surface area contributed by atoms with E-state index >= 15 is 0 Å². The average molecular weight is 209 g/mol. The smallest absolute Gasteiger partial charge is 0.120 e. The van der Waals surface area contributed by atoms with Crippen LogP contribution in [0.5, 0.6) is 5.75 Å². The Morgan fingerprint density at radius 3 is 2.60 bits per heavy atom. The van der Waals surface area contributed by atoms with Crippen LogP contribution in [0, 0.1) is 6.92 Å². The molecule has 3 N–H and O–H groups in total. The number of aliphatic hydroxyl groups excluding tert-OH is 1. The van der Waals surface area contributed by atoms with E-state index < -0.39 is 0 Å². The highest BCUT2D eigenvalue weighted by Gasteiger charge is 2.12. The van der Waals surface area contributed by atoms with Crippen molar-refractivity contribution in [2.24, 2.45) is 0 Å². The van der Waals surface area contributed by atoms with E-state index in [0.717, 1.165) is 11.1 Å². The number of aromatic hydroxyl groups is 1. The van der Waals surface area contributed by atoms with E-state index in [2.05, 4.69) is 5.32 Å². The molecule has 84 valence electrons. The van der Waals surface area contributed by atoms with Crippen LogP contribution in [0.25, 0.3) is 0 Å². The van der Waals surface area contributed by atoms with E-state index in [4.69, 9.17) is 5.11 Å².